The van der Waals surface area contributed by atoms with Crippen LogP contribution in [-0.4, -0.2) is 29.9 Å². The second kappa shape index (κ2) is 4.84. The van der Waals surface area contributed by atoms with Crippen LogP contribution >= 0.6 is 0 Å². The zero-order valence-corrected chi connectivity index (χ0v) is 11.8. The number of hydrogen-bond donors (Lipinski definition) is 3. The van der Waals surface area contributed by atoms with Gasteiger partial charge in [0.15, 0.2) is 0 Å². The number of carbonyl (C=O) groups excluding carboxylic acids is 2. The van der Waals surface area contributed by atoms with E-state index in [0.29, 0.717) is 24.1 Å². The molecule has 5 nitrogen and oxygen atoms in total. The minimum Gasteiger partial charge on any atom is -0.349 e. The first-order valence-electron chi connectivity index (χ1n) is 7.67. The van der Waals surface area contributed by atoms with E-state index in [1.165, 1.54) is 12.8 Å². The van der Waals surface area contributed by atoms with E-state index in [1.54, 1.807) is 6.07 Å². The smallest absolute Gasteiger partial charge is 0.251 e. The van der Waals surface area contributed by atoms with E-state index in [-0.39, 0.29) is 17.9 Å². The van der Waals surface area contributed by atoms with Crippen LogP contribution in [-0.2, 0) is 11.2 Å². The lowest BCUT2D eigenvalue weighted by Gasteiger charge is -2.29. The lowest BCUT2D eigenvalue weighted by molar-refractivity contribution is -0.115. The highest BCUT2D eigenvalue weighted by Crippen LogP contribution is 2.27. The van der Waals surface area contributed by atoms with Crippen molar-refractivity contribution >= 4 is 17.5 Å². The van der Waals surface area contributed by atoms with Gasteiger partial charge in [-0.15, -0.1) is 0 Å². The van der Waals surface area contributed by atoms with Gasteiger partial charge in [-0.2, -0.15) is 0 Å². The molecule has 2 saturated heterocycles. The summed E-state index contributed by atoms with van der Waals surface area (Å²) >= 11 is 0. The molecule has 2 unspecified atom stereocenters. The third kappa shape index (κ3) is 2.42. The van der Waals surface area contributed by atoms with E-state index in [4.69, 9.17) is 0 Å². The van der Waals surface area contributed by atoms with Gasteiger partial charge in [-0.1, -0.05) is 6.07 Å². The summed E-state index contributed by atoms with van der Waals surface area (Å²) in [7, 11) is 0. The van der Waals surface area contributed by atoms with Crippen molar-refractivity contribution in [3.8, 4) is 0 Å². The normalized spacial score (nSPS) is 29.9. The summed E-state index contributed by atoms with van der Waals surface area (Å²) in [4.78, 5) is 23.7. The van der Waals surface area contributed by atoms with Crippen LogP contribution in [0.5, 0.6) is 0 Å². The van der Waals surface area contributed by atoms with Gasteiger partial charge in [-0.05, 0) is 43.4 Å². The molecule has 3 aliphatic rings. The molecule has 0 spiro atoms. The predicted molar refractivity (Wildman–Crippen MR) is 79.2 cm³/mol. The Bertz CT molecular complexity index is 602. The van der Waals surface area contributed by atoms with E-state index < -0.39 is 0 Å². The van der Waals surface area contributed by atoms with Crippen molar-refractivity contribution in [3.63, 3.8) is 0 Å². The highest BCUT2D eigenvalue weighted by Gasteiger charge is 2.34. The Morgan fingerprint density at radius 2 is 1.95 bits per heavy atom. The van der Waals surface area contributed by atoms with Crippen LogP contribution in [0.1, 0.15) is 41.6 Å². The second-order valence-electron chi connectivity index (χ2n) is 6.38. The zero-order valence-electron chi connectivity index (χ0n) is 11.8. The number of piperidine rings is 1. The van der Waals surface area contributed by atoms with Gasteiger partial charge in [0.1, 0.15) is 0 Å². The first-order valence-corrected chi connectivity index (χ1v) is 7.67. The number of benzene rings is 1. The fourth-order valence-electron chi connectivity index (χ4n) is 3.80. The van der Waals surface area contributed by atoms with Gasteiger partial charge < -0.3 is 16.0 Å². The molecule has 3 aliphatic heterocycles. The number of fused-ring (bicyclic) bond motifs is 3. The maximum absolute atomic E-state index is 12.4. The molecule has 0 aliphatic carbocycles. The molecule has 2 fully saturated rings. The number of hydrogen-bond acceptors (Lipinski definition) is 3. The average molecular weight is 285 g/mol. The lowest BCUT2D eigenvalue weighted by Crippen LogP contribution is -2.48. The highest BCUT2D eigenvalue weighted by atomic mass is 16.2. The first kappa shape index (κ1) is 12.8. The van der Waals surface area contributed by atoms with Crippen molar-refractivity contribution in [2.45, 2.75) is 50.2 Å². The molecular formula is C16H19N3O2. The number of rotatable bonds is 2. The minimum atomic E-state index is -0.0368. The molecule has 1 aromatic rings. The predicted octanol–water partition coefficient (Wildman–Crippen LogP) is 1.19. The summed E-state index contributed by atoms with van der Waals surface area (Å²) in [5.74, 6) is -0.0391. The summed E-state index contributed by atoms with van der Waals surface area (Å²) in [5.41, 5.74) is 2.37. The van der Waals surface area contributed by atoms with Gasteiger partial charge in [0.05, 0.1) is 6.42 Å². The van der Waals surface area contributed by atoms with Crippen molar-refractivity contribution in [3.05, 3.63) is 29.3 Å². The Morgan fingerprint density at radius 3 is 2.71 bits per heavy atom. The maximum Gasteiger partial charge on any atom is 0.251 e. The second-order valence-corrected chi connectivity index (χ2v) is 6.38. The van der Waals surface area contributed by atoms with E-state index >= 15 is 0 Å². The standard InChI is InChI=1S/C16H19N3O2/c20-15-6-9-1-2-10(5-14(9)19-15)16(21)18-13-7-11-3-4-12(8-13)17-11/h1-2,5,11-13,17H,3-4,6-8H2,(H,18,21)(H,19,20). The van der Waals surface area contributed by atoms with Crippen LogP contribution in [0.25, 0.3) is 0 Å². The largest absolute Gasteiger partial charge is 0.349 e. The SMILES string of the molecule is O=C1Cc2ccc(C(=O)NC3CC4CCC(C3)N4)cc2N1. The summed E-state index contributed by atoms with van der Waals surface area (Å²) in [6.07, 6.45) is 4.90. The summed E-state index contributed by atoms with van der Waals surface area (Å²) in [6, 6.07) is 6.85. The first-order chi connectivity index (χ1) is 10.2. The molecule has 3 N–H and O–H groups in total. The summed E-state index contributed by atoms with van der Waals surface area (Å²) in [5, 5.41) is 9.51. The van der Waals surface area contributed by atoms with Crippen LogP contribution in [0.4, 0.5) is 5.69 Å². The van der Waals surface area contributed by atoms with Gasteiger partial charge in [0, 0.05) is 29.4 Å². The van der Waals surface area contributed by atoms with Crippen LogP contribution < -0.4 is 16.0 Å². The molecule has 4 rings (SSSR count). The summed E-state index contributed by atoms with van der Waals surface area (Å²) in [6.45, 7) is 0. The molecule has 1 aromatic carbocycles. The molecule has 3 heterocycles. The molecule has 110 valence electrons. The Labute approximate surface area is 123 Å². The molecule has 5 heteroatoms. The van der Waals surface area contributed by atoms with Crippen molar-refractivity contribution < 1.29 is 9.59 Å². The number of carbonyl (C=O) groups is 2. The van der Waals surface area contributed by atoms with Gasteiger partial charge in [0.25, 0.3) is 5.91 Å². The summed E-state index contributed by atoms with van der Waals surface area (Å²) < 4.78 is 0. The number of nitrogens with one attached hydrogen (secondary N) is 3. The van der Waals surface area contributed by atoms with Crippen LogP contribution in [0.15, 0.2) is 18.2 Å². The lowest BCUT2D eigenvalue weighted by atomic mass is 9.99. The topological polar surface area (TPSA) is 70.2 Å². The molecule has 21 heavy (non-hydrogen) atoms. The molecule has 2 atom stereocenters. The number of amides is 2. The highest BCUT2D eigenvalue weighted by molar-refractivity contribution is 6.02. The zero-order chi connectivity index (χ0) is 14.4. The van der Waals surface area contributed by atoms with Gasteiger partial charge in [0.2, 0.25) is 5.91 Å². The molecule has 0 saturated carbocycles. The molecule has 0 aromatic heterocycles. The van der Waals surface area contributed by atoms with Crippen molar-refractivity contribution in [1.82, 2.24) is 10.6 Å². The van der Waals surface area contributed by atoms with E-state index in [9.17, 15) is 9.59 Å². The Balaban J connectivity index is 1.46. The molecule has 0 radical (unpaired) electrons. The van der Waals surface area contributed by atoms with E-state index in [1.807, 2.05) is 12.1 Å². The third-order valence-corrected chi connectivity index (χ3v) is 4.81. The van der Waals surface area contributed by atoms with Gasteiger partial charge in [-0.25, -0.2) is 0 Å². The van der Waals surface area contributed by atoms with Crippen molar-refractivity contribution in [1.29, 1.82) is 0 Å². The van der Waals surface area contributed by atoms with Crippen LogP contribution in [0.2, 0.25) is 0 Å². The fourth-order valence-corrected chi connectivity index (χ4v) is 3.80. The van der Waals surface area contributed by atoms with Crippen molar-refractivity contribution in [2.24, 2.45) is 0 Å². The monoisotopic (exact) mass is 285 g/mol. The quantitative estimate of drug-likeness (QED) is 0.764. The molecule has 2 amide bonds. The van der Waals surface area contributed by atoms with E-state index in [0.717, 1.165) is 24.1 Å². The Morgan fingerprint density at radius 1 is 1.19 bits per heavy atom. The molecular weight excluding hydrogens is 266 g/mol. The van der Waals surface area contributed by atoms with E-state index in [2.05, 4.69) is 16.0 Å². The van der Waals surface area contributed by atoms with Crippen LogP contribution in [0, 0.1) is 0 Å². The van der Waals surface area contributed by atoms with Gasteiger partial charge in [-0.3, -0.25) is 9.59 Å². The minimum absolute atomic E-state index is 0.00233. The van der Waals surface area contributed by atoms with Crippen LogP contribution in [0.3, 0.4) is 0 Å². The third-order valence-electron chi connectivity index (χ3n) is 4.81. The van der Waals surface area contributed by atoms with Gasteiger partial charge >= 0.3 is 0 Å². The Hall–Kier alpha value is -1.88. The molecule has 2 bridgehead atoms. The maximum atomic E-state index is 12.4. The fraction of sp³-hybridized carbons (Fsp3) is 0.500. The van der Waals surface area contributed by atoms with Crippen molar-refractivity contribution in [2.75, 3.05) is 5.32 Å². The average Bonchev–Trinajstić information content (AvgIpc) is 2.99. The number of anilines is 1. The Kier molecular flexibility index (Phi) is 2.96.